The molecule has 176 valence electrons. The number of nitriles is 1. The van der Waals surface area contributed by atoms with Crippen molar-refractivity contribution in [2.45, 2.75) is 65.5 Å². The number of para-hydroxylation sites is 1. The summed E-state index contributed by atoms with van der Waals surface area (Å²) in [7, 11) is 0. The monoisotopic (exact) mass is 446 g/mol. The lowest BCUT2D eigenvalue weighted by molar-refractivity contribution is -0.139. The van der Waals surface area contributed by atoms with Gasteiger partial charge in [0.25, 0.3) is 0 Å². The molecule has 1 rings (SSSR count). The normalized spacial score (nSPS) is 11.8. The summed E-state index contributed by atoms with van der Waals surface area (Å²) in [6.07, 6.45) is 1.89. The summed E-state index contributed by atoms with van der Waals surface area (Å²) in [5.74, 6) is -1.30. The summed E-state index contributed by atoms with van der Waals surface area (Å²) in [5, 5.41) is 25.0. The van der Waals surface area contributed by atoms with Gasteiger partial charge in [-0.25, -0.2) is 4.79 Å². The summed E-state index contributed by atoms with van der Waals surface area (Å²) >= 11 is 0. The number of unbranched alkanes of at least 4 members (excludes halogenated alkanes) is 2. The van der Waals surface area contributed by atoms with Crippen LogP contribution in [0.5, 0.6) is 5.75 Å². The Labute approximate surface area is 189 Å². The molecule has 0 spiro atoms. The molecule has 0 heterocycles. The van der Waals surface area contributed by atoms with E-state index in [0.717, 1.165) is 24.2 Å². The zero-order chi connectivity index (χ0) is 24.3. The first-order valence-corrected chi connectivity index (χ1v) is 10.7. The average molecular weight is 447 g/mol. The number of alkyl carbamates (subject to hydrolysis) is 1. The summed E-state index contributed by atoms with van der Waals surface area (Å²) < 4.78 is 5.13. The van der Waals surface area contributed by atoms with Crippen molar-refractivity contribution in [3.8, 4) is 11.8 Å². The number of amides is 3. The Balaban J connectivity index is 3.16. The maximum atomic E-state index is 13.1. The van der Waals surface area contributed by atoms with Crippen LogP contribution < -0.4 is 10.6 Å². The quantitative estimate of drug-likeness (QED) is 0.374. The van der Waals surface area contributed by atoms with Crippen LogP contribution in [-0.4, -0.2) is 53.1 Å². The van der Waals surface area contributed by atoms with E-state index in [0.29, 0.717) is 12.1 Å². The fourth-order valence-electron chi connectivity index (χ4n) is 3.00. The molecule has 3 amide bonds. The van der Waals surface area contributed by atoms with Crippen LogP contribution in [0, 0.1) is 18.3 Å². The summed E-state index contributed by atoms with van der Waals surface area (Å²) in [4.78, 5) is 39.0. The fourth-order valence-corrected chi connectivity index (χ4v) is 3.00. The lowest BCUT2D eigenvalue weighted by Gasteiger charge is -2.30. The Morgan fingerprint density at radius 3 is 2.50 bits per heavy atom. The molecule has 0 radical (unpaired) electrons. The smallest absolute Gasteiger partial charge is 0.408 e. The molecule has 0 saturated carbocycles. The molecule has 3 N–H and O–H groups in total. The van der Waals surface area contributed by atoms with Crippen LogP contribution in [0.4, 0.5) is 4.79 Å². The first-order chi connectivity index (χ1) is 15.0. The van der Waals surface area contributed by atoms with E-state index in [1.165, 1.54) is 6.07 Å². The second-order valence-electron chi connectivity index (χ2n) is 8.45. The highest BCUT2D eigenvalue weighted by Gasteiger charge is 2.33. The molecule has 0 aliphatic heterocycles. The van der Waals surface area contributed by atoms with Crippen molar-refractivity contribution in [2.75, 3.05) is 19.6 Å². The fraction of sp³-hybridized carbons (Fsp3) is 0.565. The van der Waals surface area contributed by atoms with Gasteiger partial charge in [0.05, 0.1) is 6.07 Å². The maximum Gasteiger partial charge on any atom is 0.408 e. The third kappa shape index (κ3) is 8.46. The molecule has 0 bridgehead atoms. The number of carbonyl (C=O) groups excluding carboxylic acids is 3. The van der Waals surface area contributed by atoms with Gasteiger partial charge < -0.3 is 25.4 Å². The lowest BCUT2D eigenvalue weighted by atomic mass is 10.00. The van der Waals surface area contributed by atoms with Crippen LogP contribution in [0.3, 0.4) is 0 Å². The van der Waals surface area contributed by atoms with Crippen molar-refractivity contribution in [1.29, 1.82) is 5.26 Å². The van der Waals surface area contributed by atoms with Gasteiger partial charge >= 0.3 is 6.09 Å². The molecule has 1 aromatic carbocycles. The summed E-state index contributed by atoms with van der Waals surface area (Å²) in [5.41, 5.74) is -0.00494. The number of benzene rings is 1. The van der Waals surface area contributed by atoms with Crippen molar-refractivity contribution in [2.24, 2.45) is 0 Å². The van der Waals surface area contributed by atoms with E-state index in [2.05, 4.69) is 10.6 Å². The predicted octanol–water partition coefficient (Wildman–Crippen LogP) is 2.93. The molecule has 1 aromatic rings. The number of rotatable bonds is 10. The van der Waals surface area contributed by atoms with Gasteiger partial charge in [0.2, 0.25) is 11.8 Å². The van der Waals surface area contributed by atoms with E-state index in [4.69, 9.17) is 4.74 Å². The van der Waals surface area contributed by atoms with Crippen molar-refractivity contribution >= 4 is 17.9 Å². The van der Waals surface area contributed by atoms with Crippen LogP contribution in [0.1, 0.15) is 64.1 Å². The topological polar surface area (TPSA) is 132 Å². The minimum atomic E-state index is -1.23. The minimum Gasteiger partial charge on any atom is -0.507 e. The number of phenols is 1. The second kappa shape index (κ2) is 12.5. The van der Waals surface area contributed by atoms with Gasteiger partial charge in [0.1, 0.15) is 30.5 Å². The first kappa shape index (κ1) is 26.8. The van der Waals surface area contributed by atoms with Crippen molar-refractivity contribution in [1.82, 2.24) is 15.5 Å². The molecule has 0 aliphatic rings. The van der Waals surface area contributed by atoms with E-state index < -0.39 is 42.6 Å². The Kier molecular flexibility index (Phi) is 10.5. The molecular formula is C23H34N4O5. The molecule has 1 atom stereocenters. The SMILES string of the molecule is CCCCCNC(=O)C(c1cccc(C)c1O)N(CC#N)C(=O)CNC(=O)OC(C)(C)C. The molecule has 0 fully saturated rings. The molecule has 32 heavy (non-hydrogen) atoms. The van der Waals surface area contributed by atoms with Crippen molar-refractivity contribution < 1.29 is 24.2 Å². The number of hydrogen-bond donors (Lipinski definition) is 3. The lowest BCUT2D eigenvalue weighted by Crippen LogP contribution is -2.48. The Hall–Kier alpha value is -3.28. The largest absolute Gasteiger partial charge is 0.507 e. The van der Waals surface area contributed by atoms with Crippen LogP contribution in [0.2, 0.25) is 0 Å². The molecule has 9 heteroatoms. The zero-order valence-electron chi connectivity index (χ0n) is 19.5. The number of ether oxygens (including phenoxy) is 1. The minimum absolute atomic E-state index is 0.128. The van der Waals surface area contributed by atoms with E-state index in [9.17, 15) is 24.8 Å². The van der Waals surface area contributed by atoms with E-state index in [-0.39, 0.29) is 11.3 Å². The number of hydrogen-bond acceptors (Lipinski definition) is 6. The summed E-state index contributed by atoms with van der Waals surface area (Å²) in [6, 6.07) is 5.54. The highest BCUT2D eigenvalue weighted by Crippen LogP contribution is 2.31. The highest BCUT2D eigenvalue weighted by molar-refractivity contribution is 5.91. The first-order valence-electron chi connectivity index (χ1n) is 10.7. The number of aryl methyl sites for hydroxylation is 1. The van der Waals surface area contributed by atoms with E-state index in [1.807, 2.05) is 13.0 Å². The molecule has 0 saturated heterocycles. The van der Waals surface area contributed by atoms with Gasteiger partial charge in [-0.2, -0.15) is 5.26 Å². The van der Waals surface area contributed by atoms with Gasteiger partial charge in [-0.3, -0.25) is 9.59 Å². The molecule has 0 aromatic heterocycles. The van der Waals surface area contributed by atoms with Gasteiger partial charge in [-0.1, -0.05) is 38.0 Å². The van der Waals surface area contributed by atoms with Gasteiger partial charge in [0, 0.05) is 12.1 Å². The van der Waals surface area contributed by atoms with Crippen LogP contribution in [-0.2, 0) is 14.3 Å². The molecule has 0 aliphatic carbocycles. The Morgan fingerprint density at radius 2 is 1.91 bits per heavy atom. The Bertz CT molecular complexity index is 842. The molecule has 1 unspecified atom stereocenters. The standard InChI is InChI=1S/C23H34N4O5/c1-6-7-8-13-25-21(30)19(17-11-9-10-16(2)20(17)29)27(14-12-24)18(28)15-26-22(31)32-23(3,4)5/h9-11,19,29H,6-8,13-15H2,1-5H3,(H,25,30)(H,26,31). The van der Waals surface area contributed by atoms with Crippen LogP contribution >= 0.6 is 0 Å². The number of nitrogens with one attached hydrogen (secondary N) is 2. The maximum absolute atomic E-state index is 13.1. The van der Waals surface area contributed by atoms with Crippen molar-refractivity contribution in [3.05, 3.63) is 29.3 Å². The van der Waals surface area contributed by atoms with E-state index >= 15 is 0 Å². The highest BCUT2D eigenvalue weighted by atomic mass is 16.6. The van der Waals surface area contributed by atoms with Crippen LogP contribution in [0.25, 0.3) is 0 Å². The van der Waals surface area contributed by atoms with Crippen LogP contribution in [0.15, 0.2) is 18.2 Å². The third-order valence-electron chi connectivity index (χ3n) is 4.55. The van der Waals surface area contributed by atoms with E-state index in [1.54, 1.807) is 39.8 Å². The number of carbonyl (C=O) groups is 3. The number of aromatic hydroxyl groups is 1. The van der Waals surface area contributed by atoms with Gasteiger partial charge in [-0.05, 0) is 39.7 Å². The zero-order valence-corrected chi connectivity index (χ0v) is 19.5. The number of phenolic OH excluding ortho intramolecular Hbond substituents is 1. The molecule has 9 nitrogen and oxygen atoms in total. The van der Waals surface area contributed by atoms with Gasteiger partial charge in [-0.15, -0.1) is 0 Å². The third-order valence-corrected chi connectivity index (χ3v) is 4.55. The van der Waals surface area contributed by atoms with Crippen molar-refractivity contribution in [3.63, 3.8) is 0 Å². The summed E-state index contributed by atoms with van der Waals surface area (Å²) in [6.45, 7) is 8.32. The Morgan fingerprint density at radius 1 is 1.22 bits per heavy atom. The number of nitrogens with zero attached hydrogens (tertiary/aromatic N) is 2. The predicted molar refractivity (Wildman–Crippen MR) is 120 cm³/mol. The molecular weight excluding hydrogens is 412 g/mol. The second-order valence-corrected chi connectivity index (χ2v) is 8.45. The average Bonchev–Trinajstić information content (AvgIpc) is 2.70. The van der Waals surface area contributed by atoms with Gasteiger partial charge in [0.15, 0.2) is 0 Å².